The Hall–Kier alpha value is -1.62. The molecule has 0 aliphatic carbocycles. The summed E-state index contributed by atoms with van der Waals surface area (Å²) < 4.78 is 31.9. The van der Waals surface area contributed by atoms with Gasteiger partial charge in [-0.25, -0.2) is 13.1 Å². The monoisotopic (exact) mass is 311 g/mol. The van der Waals surface area contributed by atoms with E-state index in [1.807, 2.05) is 6.07 Å². The fourth-order valence-corrected chi connectivity index (χ4v) is 2.73. The lowest BCUT2D eigenvalue weighted by Crippen LogP contribution is -2.28. The van der Waals surface area contributed by atoms with Crippen molar-refractivity contribution in [3.63, 3.8) is 0 Å². The summed E-state index contributed by atoms with van der Waals surface area (Å²) in [4.78, 5) is -0.0244. The van der Waals surface area contributed by atoms with Crippen LogP contribution in [0.15, 0.2) is 23.1 Å². The number of sulfonamides is 1. The molecular weight excluding hydrogens is 290 g/mol. The van der Waals surface area contributed by atoms with Crippen molar-refractivity contribution < 1.29 is 13.2 Å². The summed E-state index contributed by atoms with van der Waals surface area (Å²) in [6.45, 7) is 5.29. The van der Waals surface area contributed by atoms with Crippen LogP contribution in [0.2, 0.25) is 0 Å². The predicted octanol–water partition coefficient (Wildman–Crippen LogP) is 1.48. The van der Waals surface area contributed by atoms with Crippen molar-refractivity contribution in [2.45, 2.75) is 25.2 Å². The van der Waals surface area contributed by atoms with Crippen molar-refractivity contribution in [3.8, 4) is 6.07 Å². The average molecular weight is 311 g/mol. The molecule has 0 saturated carbocycles. The van der Waals surface area contributed by atoms with Crippen molar-refractivity contribution in [2.24, 2.45) is 5.92 Å². The molecule has 0 heterocycles. The van der Waals surface area contributed by atoms with Crippen LogP contribution in [0.4, 0.5) is 5.69 Å². The van der Waals surface area contributed by atoms with Crippen LogP contribution in [0.1, 0.15) is 25.8 Å². The number of nitrogens with one attached hydrogen (secondary N) is 1. The van der Waals surface area contributed by atoms with Gasteiger partial charge in [0.15, 0.2) is 0 Å². The van der Waals surface area contributed by atoms with Crippen molar-refractivity contribution >= 4 is 15.7 Å². The Morgan fingerprint density at radius 3 is 2.67 bits per heavy atom. The Bertz CT molecular complexity index is 606. The Morgan fingerprint density at radius 2 is 2.10 bits per heavy atom. The van der Waals surface area contributed by atoms with E-state index in [2.05, 4.69) is 18.6 Å². The second kappa shape index (κ2) is 7.98. The molecule has 0 unspecified atom stereocenters. The Balaban J connectivity index is 2.53. The Kier molecular flexibility index (Phi) is 6.62. The van der Waals surface area contributed by atoms with Gasteiger partial charge in [0.05, 0.1) is 23.9 Å². The first-order chi connectivity index (χ1) is 9.86. The number of nitrogens with zero attached hydrogens (tertiary/aromatic N) is 1. The van der Waals surface area contributed by atoms with Crippen LogP contribution in [0.3, 0.4) is 0 Å². The molecule has 21 heavy (non-hydrogen) atoms. The summed E-state index contributed by atoms with van der Waals surface area (Å²) in [5, 5.41) is 8.73. The summed E-state index contributed by atoms with van der Waals surface area (Å²) in [7, 11) is -3.68. The molecular formula is C14H21N3O3S. The first kappa shape index (κ1) is 17.4. The molecule has 0 spiro atoms. The Labute approximate surface area is 126 Å². The molecule has 0 atom stereocenters. The summed E-state index contributed by atoms with van der Waals surface area (Å²) in [6.07, 6.45) is 0.940. The van der Waals surface area contributed by atoms with Gasteiger partial charge in [-0.15, -0.1) is 0 Å². The molecule has 1 aromatic carbocycles. The lowest BCUT2D eigenvalue weighted by atomic mass is 10.1. The topological polar surface area (TPSA) is 105 Å². The van der Waals surface area contributed by atoms with E-state index in [0.29, 0.717) is 24.7 Å². The first-order valence-electron chi connectivity index (χ1n) is 6.74. The minimum absolute atomic E-state index is 0.0244. The van der Waals surface area contributed by atoms with Gasteiger partial charge in [-0.2, -0.15) is 5.26 Å². The summed E-state index contributed by atoms with van der Waals surface area (Å²) in [5.41, 5.74) is 6.05. The smallest absolute Gasteiger partial charge is 0.242 e. The second-order valence-corrected chi connectivity index (χ2v) is 6.79. The van der Waals surface area contributed by atoms with Crippen LogP contribution in [0.25, 0.3) is 0 Å². The molecule has 0 aliphatic rings. The molecule has 3 N–H and O–H groups in total. The number of hydrogen-bond donors (Lipinski definition) is 2. The highest BCUT2D eigenvalue weighted by atomic mass is 32.2. The molecule has 0 amide bonds. The van der Waals surface area contributed by atoms with Crippen molar-refractivity contribution in [1.82, 2.24) is 4.72 Å². The third kappa shape index (κ3) is 5.71. The minimum Gasteiger partial charge on any atom is -0.398 e. The standard InChI is InChI=1S/C14H21N3O3S/c1-11(2)5-7-20-8-6-17-21(18,19)14-4-3-12(10-15)9-13(14)16/h3-4,9,11,17H,5-8,16H2,1-2H3. The number of nitrogen functional groups attached to an aromatic ring is 1. The van der Waals surface area contributed by atoms with E-state index in [4.69, 9.17) is 15.7 Å². The van der Waals surface area contributed by atoms with Crippen LogP contribution in [-0.4, -0.2) is 28.2 Å². The van der Waals surface area contributed by atoms with Gasteiger partial charge in [-0.1, -0.05) is 13.8 Å². The zero-order valence-electron chi connectivity index (χ0n) is 12.3. The number of benzene rings is 1. The van der Waals surface area contributed by atoms with Gasteiger partial charge in [0, 0.05) is 13.2 Å². The normalized spacial score (nSPS) is 11.5. The van der Waals surface area contributed by atoms with Crippen LogP contribution >= 0.6 is 0 Å². The van der Waals surface area contributed by atoms with Gasteiger partial charge in [0.2, 0.25) is 10.0 Å². The maximum Gasteiger partial charge on any atom is 0.242 e. The number of anilines is 1. The molecule has 0 saturated heterocycles. The highest BCUT2D eigenvalue weighted by Crippen LogP contribution is 2.19. The first-order valence-corrected chi connectivity index (χ1v) is 8.22. The van der Waals surface area contributed by atoms with Crippen molar-refractivity contribution in [1.29, 1.82) is 5.26 Å². The molecule has 7 heteroatoms. The van der Waals surface area contributed by atoms with Gasteiger partial charge < -0.3 is 10.5 Å². The van der Waals surface area contributed by atoms with Gasteiger partial charge in [0.1, 0.15) is 4.90 Å². The molecule has 116 valence electrons. The number of ether oxygens (including phenoxy) is 1. The molecule has 0 fully saturated rings. The maximum atomic E-state index is 12.1. The van der Waals surface area contributed by atoms with E-state index in [9.17, 15) is 8.42 Å². The molecule has 1 rings (SSSR count). The van der Waals surface area contributed by atoms with E-state index in [1.54, 1.807) is 0 Å². The number of nitriles is 1. The highest BCUT2D eigenvalue weighted by Gasteiger charge is 2.17. The summed E-state index contributed by atoms with van der Waals surface area (Å²) in [6, 6.07) is 6.00. The molecule has 0 bridgehead atoms. The average Bonchev–Trinajstić information content (AvgIpc) is 2.41. The molecule has 0 aromatic heterocycles. The van der Waals surface area contributed by atoms with E-state index in [-0.39, 0.29) is 17.1 Å². The van der Waals surface area contributed by atoms with E-state index < -0.39 is 10.0 Å². The minimum atomic E-state index is -3.68. The number of rotatable bonds is 8. The number of hydrogen-bond acceptors (Lipinski definition) is 5. The molecule has 6 nitrogen and oxygen atoms in total. The van der Waals surface area contributed by atoms with Gasteiger partial charge in [0.25, 0.3) is 0 Å². The van der Waals surface area contributed by atoms with Crippen LogP contribution in [-0.2, 0) is 14.8 Å². The van der Waals surface area contributed by atoms with E-state index in [1.165, 1.54) is 18.2 Å². The Morgan fingerprint density at radius 1 is 1.38 bits per heavy atom. The summed E-state index contributed by atoms with van der Waals surface area (Å²) >= 11 is 0. The zero-order valence-corrected chi connectivity index (χ0v) is 13.1. The lowest BCUT2D eigenvalue weighted by Gasteiger charge is -2.10. The zero-order chi connectivity index (χ0) is 15.9. The van der Waals surface area contributed by atoms with Crippen LogP contribution < -0.4 is 10.5 Å². The second-order valence-electron chi connectivity index (χ2n) is 5.06. The van der Waals surface area contributed by atoms with Crippen molar-refractivity contribution in [3.05, 3.63) is 23.8 Å². The fourth-order valence-electron chi connectivity index (χ4n) is 1.61. The van der Waals surface area contributed by atoms with E-state index >= 15 is 0 Å². The van der Waals surface area contributed by atoms with Gasteiger partial charge in [-0.3, -0.25) is 0 Å². The number of nitrogens with two attached hydrogens (primary N) is 1. The van der Waals surface area contributed by atoms with E-state index in [0.717, 1.165) is 6.42 Å². The molecule has 0 radical (unpaired) electrons. The van der Waals surface area contributed by atoms with Crippen LogP contribution in [0, 0.1) is 17.2 Å². The third-order valence-corrected chi connectivity index (χ3v) is 4.34. The third-order valence-electron chi connectivity index (χ3n) is 2.81. The highest BCUT2D eigenvalue weighted by molar-refractivity contribution is 7.89. The largest absolute Gasteiger partial charge is 0.398 e. The molecule has 1 aromatic rings. The summed E-state index contributed by atoms with van der Waals surface area (Å²) in [5.74, 6) is 0.556. The maximum absolute atomic E-state index is 12.1. The van der Waals surface area contributed by atoms with Gasteiger partial charge >= 0.3 is 0 Å². The fraction of sp³-hybridized carbons (Fsp3) is 0.500. The van der Waals surface area contributed by atoms with Crippen LogP contribution in [0.5, 0.6) is 0 Å². The SMILES string of the molecule is CC(C)CCOCCNS(=O)(=O)c1ccc(C#N)cc1N. The van der Waals surface area contributed by atoms with Crippen molar-refractivity contribution in [2.75, 3.05) is 25.5 Å². The molecule has 0 aliphatic heterocycles. The predicted molar refractivity (Wildman–Crippen MR) is 81.0 cm³/mol. The quantitative estimate of drug-likeness (QED) is 0.559. The lowest BCUT2D eigenvalue weighted by molar-refractivity contribution is 0.128. The van der Waals surface area contributed by atoms with Gasteiger partial charge in [-0.05, 0) is 30.5 Å².